The van der Waals surface area contributed by atoms with E-state index < -0.39 is 0 Å². The van der Waals surface area contributed by atoms with Crippen molar-refractivity contribution in [3.63, 3.8) is 0 Å². The van der Waals surface area contributed by atoms with Crippen LogP contribution in [0.25, 0.3) is 22.3 Å². The number of rotatable bonds is 7. The molecule has 5 aromatic rings. The number of carbonyl (C=O) groups is 1. The second-order valence-electron chi connectivity index (χ2n) is 8.40. The number of nitrogens with one attached hydrogen (secondary N) is 2. The fourth-order valence-electron chi connectivity index (χ4n) is 4.19. The summed E-state index contributed by atoms with van der Waals surface area (Å²) in [5, 5.41) is 6.71. The van der Waals surface area contributed by atoms with Gasteiger partial charge >= 0.3 is 0 Å². The van der Waals surface area contributed by atoms with E-state index >= 15 is 0 Å². The second-order valence-corrected chi connectivity index (χ2v) is 10.2. The highest BCUT2D eigenvalue weighted by atomic mass is 79.9. The van der Waals surface area contributed by atoms with Crippen molar-refractivity contribution in [1.82, 2.24) is 9.97 Å². The molecule has 9 heteroatoms. The molecule has 0 aliphatic carbocycles. The number of hydrogen-bond acceptors (Lipinski definition) is 7. The summed E-state index contributed by atoms with van der Waals surface area (Å²) < 4.78 is 1.74. The van der Waals surface area contributed by atoms with Crippen LogP contribution >= 0.6 is 31.9 Å². The van der Waals surface area contributed by atoms with Gasteiger partial charge < -0.3 is 22.1 Å². The molecule has 5 rings (SSSR count). The first-order valence-electron chi connectivity index (χ1n) is 11.6. The van der Waals surface area contributed by atoms with E-state index in [1.165, 1.54) is 0 Å². The van der Waals surface area contributed by atoms with Crippen LogP contribution in [-0.4, -0.2) is 16.3 Å². The first kappa shape index (κ1) is 25.4. The van der Waals surface area contributed by atoms with E-state index in [2.05, 4.69) is 52.5 Å². The monoisotopic (exact) mass is 628 g/mol. The summed E-state index contributed by atoms with van der Waals surface area (Å²) in [4.78, 5) is 21.1. The minimum absolute atomic E-state index is 0.509. The maximum Gasteiger partial charge on any atom is 0.153 e. The lowest BCUT2D eigenvalue weighted by atomic mass is 9.89. The van der Waals surface area contributed by atoms with Crippen LogP contribution in [0.15, 0.2) is 100 Å². The minimum atomic E-state index is 0.509. The molecule has 188 valence electrons. The maximum atomic E-state index is 12.3. The Morgan fingerprint density at radius 3 is 1.76 bits per heavy atom. The summed E-state index contributed by atoms with van der Waals surface area (Å²) in [7, 11) is 0. The smallest absolute Gasteiger partial charge is 0.153 e. The normalized spacial score (nSPS) is 10.7. The lowest BCUT2D eigenvalue weighted by molar-refractivity contribution is 0.112. The van der Waals surface area contributed by atoms with E-state index in [0.29, 0.717) is 28.6 Å². The number of benzene rings is 3. The molecule has 0 aliphatic heterocycles. The van der Waals surface area contributed by atoms with E-state index in [-0.39, 0.29) is 0 Å². The molecule has 6 N–H and O–H groups in total. The van der Waals surface area contributed by atoms with Gasteiger partial charge in [0, 0.05) is 55.0 Å². The van der Waals surface area contributed by atoms with Crippen molar-refractivity contribution in [3.8, 4) is 22.3 Å². The SMILES string of the molecule is Nc1cccnc1Nc1cc(Br)ccc1-c1cccc(C=O)c1-c1ccc(Br)cc1Nc1ncccc1N. The summed E-state index contributed by atoms with van der Waals surface area (Å²) in [6.45, 7) is 0. The van der Waals surface area contributed by atoms with Gasteiger partial charge in [-0.2, -0.15) is 0 Å². The van der Waals surface area contributed by atoms with Gasteiger partial charge in [0.05, 0.1) is 11.4 Å². The molecular weight excluding hydrogens is 608 g/mol. The van der Waals surface area contributed by atoms with Gasteiger partial charge in [-0.3, -0.25) is 4.79 Å². The summed E-state index contributed by atoms with van der Waals surface area (Å²) >= 11 is 7.14. The molecule has 0 saturated carbocycles. The first-order valence-corrected chi connectivity index (χ1v) is 13.2. The third kappa shape index (κ3) is 5.25. The van der Waals surface area contributed by atoms with E-state index in [0.717, 1.165) is 48.9 Å². The van der Waals surface area contributed by atoms with Gasteiger partial charge in [-0.1, -0.05) is 62.2 Å². The molecule has 0 bridgehead atoms. The molecule has 2 heterocycles. The summed E-state index contributed by atoms with van der Waals surface area (Å²) in [5.74, 6) is 1.06. The number of anilines is 6. The van der Waals surface area contributed by atoms with Crippen molar-refractivity contribution in [2.75, 3.05) is 22.1 Å². The Hall–Kier alpha value is -4.21. The number of hydrogen-bond donors (Lipinski definition) is 4. The largest absolute Gasteiger partial charge is 0.396 e. The lowest BCUT2D eigenvalue weighted by Gasteiger charge is -2.20. The van der Waals surface area contributed by atoms with Crippen LogP contribution < -0.4 is 22.1 Å². The van der Waals surface area contributed by atoms with Crippen LogP contribution in [0.1, 0.15) is 10.4 Å². The molecule has 3 aromatic carbocycles. The van der Waals surface area contributed by atoms with Crippen molar-refractivity contribution >= 4 is 72.5 Å². The van der Waals surface area contributed by atoms with Crippen molar-refractivity contribution in [2.45, 2.75) is 0 Å². The van der Waals surface area contributed by atoms with Gasteiger partial charge in [0.25, 0.3) is 0 Å². The third-order valence-corrected chi connectivity index (χ3v) is 6.92. The van der Waals surface area contributed by atoms with E-state index in [1.54, 1.807) is 42.7 Å². The predicted octanol–water partition coefficient (Wildman–Crippen LogP) is 7.80. The van der Waals surface area contributed by atoms with Crippen molar-refractivity contribution in [2.24, 2.45) is 0 Å². The number of pyridine rings is 2. The number of nitrogen functional groups attached to an aromatic ring is 2. The highest BCUT2D eigenvalue weighted by Gasteiger charge is 2.19. The van der Waals surface area contributed by atoms with Crippen LogP contribution in [0, 0.1) is 0 Å². The fourth-order valence-corrected chi connectivity index (χ4v) is 4.91. The Balaban J connectivity index is 1.72. The zero-order chi connectivity index (χ0) is 26.6. The van der Waals surface area contributed by atoms with Crippen LogP contribution in [0.3, 0.4) is 0 Å². The number of nitrogens with zero attached hydrogens (tertiary/aromatic N) is 2. The summed E-state index contributed by atoms with van der Waals surface area (Å²) in [5.41, 5.74) is 18.7. The zero-order valence-corrected chi connectivity index (χ0v) is 23.1. The van der Waals surface area contributed by atoms with Crippen LogP contribution in [-0.2, 0) is 0 Å². The molecule has 0 atom stereocenters. The Morgan fingerprint density at radius 2 is 1.21 bits per heavy atom. The zero-order valence-electron chi connectivity index (χ0n) is 20.0. The van der Waals surface area contributed by atoms with E-state index in [9.17, 15) is 4.79 Å². The van der Waals surface area contributed by atoms with Crippen LogP contribution in [0.5, 0.6) is 0 Å². The molecule has 7 nitrogen and oxygen atoms in total. The quantitative estimate of drug-likeness (QED) is 0.136. The minimum Gasteiger partial charge on any atom is -0.396 e. The molecule has 0 amide bonds. The van der Waals surface area contributed by atoms with Crippen molar-refractivity contribution in [3.05, 3.63) is 106 Å². The van der Waals surface area contributed by atoms with Gasteiger partial charge in [0.2, 0.25) is 0 Å². The highest BCUT2D eigenvalue weighted by Crippen LogP contribution is 2.43. The number of aromatic nitrogens is 2. The Kier molecular flexibility index (Phi) is 7.39. The van der Waals surface area contributed by atoms with Crippen molar-refractivity contribution < 1.29 is 4.79 Å². The molecule has 0 spiro atoms. The second kappa shape index (κ2) is 11.0. The Labute approximate surface area is 236 Å². The first-order chi connectivity index (χ1) is 18.4. The molecule has 0 saturated heterocycles. The highest BCUT2D eigenvalue weighted by molar-refractivity contribution is 9.10. The lowest BCUT2D eigenvalue weighted by Crippen LogP contribution is -2.03. The van der Waals surface area contributed by atoms with E-state index in [4.69, 9.17) is 11.5 Å². The number of aldehydes is 1. The topological polar surface area (TPSA) is 119 Å². The molecule has 2 aromatic heterocycles. The average Bonchev–Trinajstić information content (AvgIpc) is 2.91. The predicted molar refractivity (Wildman–Crippen MR) is 162 cm³/mol. The molecule has 0 fully saturated rings. The number of carbonyl (C=O) groups excluding carboxylic acids is 1. The van der Waals surface area contributed by atoms with Gasteiger partial charge in [-0.15, -0.1) is 0 Å². The Bertz CT molecular complexity index is 1660. The van der Waals surface area contributed by atoms with Crippen LogP contribution in [0.4, 0.5) is 34.4 Å². The molecule has 0 unspecified atom stereocenters. The maximum absolute atomic E-state index is 12.3. The van der Waals surface area contributed by atoms with Crippen molar-refractivity contribution in [1.29, 1.82) is 0 Å². The van der Waals surface area contributed by atoms with Gasteiger partial charge in [0.1, 0.15) is 0 Å². The third-order valence-electron chi connectivity index (χ3n) is 5.93. The number of nitrogens with two attached hydrogens (primary N) is 2. The van der Waals surface area contributed by atoms with E-state index in [1.807, 2.05) is 48.5 Å². The summed E-state index contributed by atoms with van der Waals surface area (Å²) in [6.07, 6.45) is 4.21. The molecule has 38 heavy (non-hydrogen) atoms. The molecule has 0 radical (unpaired) electrons. The Morgan fingerprint density at radius 1 is 0.658 bits per heavy atom. The fraction of sp³-hybridized carbons (Fsp3) is 0. The van der Waals surface area contributed by atoms with Gasteiger partial charge in [-0.05, 0) is 54.1 Å². The molecule has 0 aliphatic rings. The van der Waals surface area contributed by atoms with Gasteiger partial charge in [0.15, 0.2) is 17.9 Å². The molecular formula is C29H22Br2N6O. The number of halogens is 2. The summed E-state index contributed by atoms with van der Waals surface area (Å²) in [6, 6.07) is 24.5. The van der Waals surface area contributed by atoms with Gasteiger partial charge in [-0.25, -0.2) is 9.97 Å². The standard InChI is InChI=1S/C29H22Br2N6O/c30-18-8-10-20(25(14-18)36-28-23(32)6-2-12-34-28)21-5-1-4-17(16-38)27(21)22-11-9-19(31)15-26(22)37-29-24(33)7-3-13-35-29/h1-16H,32-33H2,(H,34,36)(H,35,37). The average molecular weight is 630 g/mol. The van der Waals surface area contributed by atoms with Crippen LogP contribution in [0.2, 0.25) is 0 Å².